The third-order valence-corrected chi connectivity index (χ3v) is 5.24. The fourth-order valence-corrected chi connectivity index (χ4v) is 3.90. The van der Waals surface area contributed by atoms with E-state index in [9.17, 15) is 4.79 Å². The maximum absolute atomic E-state index is 12.1. The summed E-state index contributed by atoms with van der Waals surface area (Å²) in [5, 5.41) is 9.19. The van der Waals surface area contributed by atoms with E-state index in [4.69, 9.17) is 17.3 Å². The number of nitrogens with one attached hydrogen (secondary N) is 2. The molecule has 0 unspecified atom stereocenters. The highest BCUT2D eigenvalue weighted by molar-refractivity contribution is 7.14. The Morgan fingerprint density at radius 3 is 2.67 bits per heavy atom. The third kappa shape index (κ3) is 3.74. The number of halogens is 1. The predicted octanol–water partition coefficient (Wildman–Crippen LogP) is 4.86. The van der Waals surface area contributed by atoms with Gasteiger partial charge in [-0.1, -0.05) is 17.7 Å². The smallest absolute Gasteiger partial charge is 0.323 e. The average molecular weight is 398 g/mol. The maximum atomic E-state index is 12.1. The Kier molecular flexibility index (Phi) is 4.70. The summed E-state index contributed by atoms with van der Waals surface area (Å²) in [5.74, 6) is 0.568. The lowest BCUT2D eigenvalue weighted by Gasteiger charge is -2.26. The highest BCUT2D eigenvalue weighted by atomic mass is 35.5. The molecule has 4 rings (SSSR count). The second kappa shape index (κ2) is 7.30. The van der Waals surface area contributed by atoms with Crippen molar-refractivity contribution in [3.8, 4) is 0 Å². The van der Waals surface area contributed by atoms with E-state index in [2.05, 4.69) is 20.5 Å². The number of thiophene rings is 1. The van der Waals surface area contributed by atoms with Crippen molar-refractivity contribution in [2.75, 3.05) is 22.2 Å². The number of carbonyl (C=O) groups excluding carboxylic acids is 1. The van der Waals surface area contributed by atoms with Gasteiger partial charge < -0.3 is 21.3 Å². The van der Waals surface area contributed by atoms with Crippen LogP contribution < -0.4 is 21.3 Å². The van der Waals surface area contributed by atoms with Gasteiger partial charge in [0.15, 0.2) is 0 Å². The standard InChI is InChI=1S/C19H16ClN5OS/c20-12-2-1-3-14(10-12)24-19(26)23-13-4-6-15(7-5-13)25-11-22-17(21)16-8-9-27-18(16)25/h1-10H,11H2,(H2,21,22)(H2,23,24,26). The van der Waals surface area contributed by atoms with Crippen LogP contribution in [-0.4, -0.2) is 18.5 Å². The highest BCUT2D eigenvalue weighted by Crippen LogP contribution is 2.36. The molecule has 0 saturated carbocycles. The van der Waals surface area contributed by atoms with Crippen molar-refractivity contribution in [1.29, 1.82) is 0 Å². The Hall–Kier alpha value is -3.03. The Labute approximate surface area is 165 Å². The summed E-state index contributed by atoms with van der Waals surface area (Å²) in [6.45, 7) is 0.474. The minimum atomic E-state index is -0.332. The number of hydrogen-bond acceptors (Lipinski definition) is 5. The zero-order chi connectivity index (χ0) is 18.8. The summed E-state index contributed by atoms with van der Waals surface area (Å²) in [6, 6.07) is 16.2. The molecular formula is C19H16ClN5OS. The van der Waals surface area contributed by atoms with E-state index in [1.807, 2.05) is 35.7 Å². The molecule has 0 radical (unpaired) electrons. The first kappa shape index (κ1) is 17.4. The normalized spacial score (nSPS) is 12.9. The van der Waals surface area contributed by atoms with Crippen LogP contribution in [0.3, 0.4) is 0 Å². The quantitative estimate of drug-likeness (QED) is 0.590. The molecule has 8 heteroatoms. The number of aliphatic imine (C=N–C) groups is 1. The average Bonchev–Trinajstić information content (AvgIpc) is 3.14. The highest BCUT2D eigenvalue weighted by Gasteiger charge is 2.21. The number of fused-ring (bicyclic) bond motifs is 1. The maximum Gasteiger partial charge on any atom is 0.323 e. The molecule has 0 spiro atoms. The van der Waals surface area contributed by atoms with Crippen molar-refractivity contribution < 1.29 is 4.79 Å². The molecular weight excluding hydrogens is 382 g/mol. The van der Waals surface area contributed by atoms with E-state index < -0.39 is 0 Å². The molecule has 0 aliphatic carbocycles. The number of rotatable bonds is 3. The van der Waals surface area contributed by atoms with Gasteiger partial charge >= 0.3 is 6.03 Å². The molecule has 4 N–H and O–H groups in total. The number of benzene rings is 2. The van der Waals surface area contributed by atoms with Crippen LogP contribution in [0, 0.1) is 0 Å². The molecule has 1 aliphatic heterocycles. The van der Waals surface area contributed by atoms with E-state index in [0.29, 0.717) is 28.9 Å². The molecule has 3 aromatic rings. The van der Waals surface area contributed by atoms with Crippen molar-refractivity contribution in [3.05, 3.63) is 70.6 Å². The fourth-order valence-electron chi connectivity index (χ4n) is 2.78. The van der Waals surface area contributed by atoms with Gasteiger partial charge in [-0.25, -0.2) is 9.79 Å². The molecule has 0 saturated heterocycles. The zero-order valence-electron chi connectivity index (χ0n) is 14.1. The number of nitrogens with two attached hydrogens (primary N) is 1. The molecule has 1 aromatic heterocycles. The van der Waals surface area contributed by atoms with Crippen LogP contribution in [0.4, 0.5) is 26.9 Å². The van der Waals surface area contributed by atoms with E-state index in [-0.39, 0.29) is 6.03 Å². The van der Waals surface area contributed by atoms with Crippen molar-refractivity contribution in [1.82, 2.24) is 0 Å². The van der Waals surface area contributed by atoms with E-state index >= 15 is 0 Å². The molecule has 1 aliphatic rings. The molecule has 27 heavy (non-hydrogen) atoms. The summed E-state index contributed by atoms with van der Waals surface area (Å²) >= 11 is 7.55. The van der Waals surface area contributed by atoms with Crippen LogP contribution >= 0.6 is 22.9 Å². The first-order valence-electron chi connectivity index (χ1n) is 8.19. The largest absolute Gasteiger partial charge is 0.383 e. The first-order valence-corrected chi connectivity index (χ1v) is 9.45. The lowest BCUT2D eigenvalue weighted by atomic mass is 10.2. The third-order valence-electron chi connectivity index (χ3n) is 4.07. The second-order valence-corrected chi connectivity index (χ2v) is 7.22. The SMILES string of the molecule is NC1=NCN(c2ccc(NC(=O)Nc3cccc(Cl)c3)cc2)c2sccc21. The molecule has 0 fully saturated rings. The molecule has 2 aromatic carbocycles. The number of nitrogens with zero attached hydrogens (tertiary/aromatic N) is 2. The minimum Gasteiger partial charge on any atom is -0.383 e. The Morgan fingerprint density at radius 1 is 1.11 bits per heavy atom. The number of hydrogen-bond donors (Lipinski definition) is 3. The van der Waals surface area contributed by atoms with Gasteiger partial charge in [0.25, 0.3) is 0 Å². The van der Waals surface area contributed by atoms with Gasteiger partial charge in [-0.15, -0.1) is 11.3 Å². The Morgan fingerprint density at radius 2 is 1.89 bits per heavy atom. The van der Waals surface area contributed by atoms with Gasteiger partial charge in [0.05, 0.1) is 5.56 Å². The fraction of sp³-hybridized carbons (Fsp3) is 0.0526. The molecule has 6 nitrogen and oxygen atoms in total. The van der Waals surface area contributed by atoms with E-state index in [1.165, 1.54) is 0 Å². The van der Waals surface area contributed by atoms with Gasteiger partial charge in [0.1, 0.15) is 17.5 Å². The molecule has 0 atom stereocenters. The van der Waals surface area contributed by atoms with Crippen LogP contribution in [-0.2, 0) is 0 Å². The number of amides is 2. The number of carbonyl (C=O) groups is 1. The Bertz CT molecular complexity index is 1010. The van der Waals surface area contributed by atoms with Crippen LogP contribution in [0.2, 0.25) is 5.02 Å². The van der Waals surface area contributed by atoms with Crippen LogP contribution in [0.1, 0.15) is 5.56 Å². The van der Waals surface area contributed by atoms with Crippen molar-refractivity contribution in [2.45, 2.75) is 0 Å². The number of urea groups is 1. The van der Waals surface area contributed by atoms with Crippen molar-refractivity contribution in [2.24, 2.45) is 10.7 Å². The minimum absolute atomic E-state index is 0.332. The van der Waals surface area contributed by atoms with Gasteiger partial charge in [-0.05, 0) is 53.9 Å². The monoisotopic (exact) mass is 397 g/mol. The van der Waals surface area contributed by atoms with E-state index in [1.54, 1.807) is 35.6 Å². The first-order chi connectivity index (χ1) is 13.1. The van der Waals surface area contributed by atoms with Crippen LogP contribution in [0.15, 0.2) is 65.0 Å². The summed E-state index contributed by atoms with van der Waals surface area (Å²) in [7, 11) is 0. The number of anilines is 4. The molecule has 2 heterocycles. The Balaban J connectivity index is 1.45. The lowest BCUT2D eigenvalue weighted by molar-refractivity contribution is 0.262. The zero-order valence-corrected chi connectivity index (χ0v) is 15.7. The summed E-state index contributed by atoms with van der Waals surface area (Å²) in [5.41, 5.74) is 9.20. The summed E-state index contributed by atoms with van der Waals surface area (Å²) < 4.78 is 0. The van der Waals surface area contributed by atoms with Crippen molar-refractivity contribution in [3.63, 3.8) is 0 Å². The van der Waals surface area contributed by atoms with Crippen molar-refractivity contribution >= 4 is 56.9 Å². The van der Waals surface area contributed by atoms with Gasteiger partial charge in [-0.2, -0.15) is 0 Å². The van der Waals surface area contributed by atoms with Gasteiger partial charge in [0.2, 0.25) is 0 Å². The molecule has 136 valence electrons. The molecule has 2 amide bonds. The second-order valence-electron chi connectivity index (χ2n) is 5.89. The lowest BCUT2D eigenvalue weighted by Crippen LogP contribution is -2.27. The topological polar surface area (TPSA) is 82.8 Å². The summed E-state index contributed by atoms with van der Waals surface area (Å²) in [4.78, 5) is 18.6. The van der Waals surface area contributed by atoms with Gasteiger partial charge in [-0.3, -0.25) is 0 Å². The van der Waals surface area contributed by atoms with E-state index in [0.717, 1.165) is 16.3 Å². The van der Waals surface area contributed by atoms with Crippen LogP contribution in [0.5, 0.6) is 0 Å². The summed E-state index contributed by atoms with van der Waals surface area (Å²) in [6.07, 6.45) is 0. The molecule has 0 bridgehead atoms. The van der Waals surface area contributed by atoms with Gasteiger partial charge in [0, 0.05) is 22.1 Å². The predicted molar refractivity (Wildman–Crippen MR) is 113 cm³/mol. The number of amidine groups is 1. The van der Waals surface area contributed by atoms with Crippen LogP contribution in [0.25, 0.3) is 0 Å².